The molecule has 0 aromatic heterocycles. The van der Waals surface area contributed by atoms with E-state index in [1.165, 1.54) is 36.8 Å². The molecule has 31 heavy (non-hydrogen) atoms. The van der Waals surface area contributed by atoms with Crippen LogP contribution in [-0.4, -0.2) is 39.4 Å². The van der Waals surface area contributed by atoms with E-state index >= 15 is 0 Å². The summed E-state index contributed by atoms with van der Waals surface area (Å²) < 4.78 is 26.2. The maximum atomic E-state index is 11.8. The van der Waals surface area contributed by atoms with Gasteiger partial charge in [-0.1, -0.05) is 25.0 Å². The first-order valence-electron chi connectivity index (χ1n) is 11.2. The van der Waals surface area contributed by atoms with E-state index in [4.69, 9.17) is 0 Å². The average Bonchev–Trinajstić information content (AvgIpc) is 2.73. The number of benzene rings is 2. The molecule has 2 fully saturated rings. The molecule has 3 N–H and O–H groups in total. The highest BCUT2D eigenvalue weighted by Crippen LogP contribution is 2.55. The Kier molecular flexibility index (Phi) is 4.94. The van der Waals surface area contributed by atoms with Crippen molar-refractivity contribution in [1.82, 2.24) is 5.32 Å². The molecule has 0 spiro atoms. The lowest BCUT2D eigenvalue weighted by Gasteiger charge is -2.56. The monoisotopic (exact) mass is 441 g/mol. The number of sulfonamides is 1. The highest BCUT2D eigenvalue weighted by molar-refractivity contribution is 7.92. The van der Waals surface area contributed by atoms with Crippen molar-refractivity contribution in [3.63, 3.8) is 0 Å². The van der Waals surface area contributed by atoms with Crippen molar-refractivity contribution in [1.29, 1.82) is 0 Å². The Morgan fingerprint density at radius 2 is 1.97 bits per heavy atom. The molecule has 0 unspecified atom stereocenters. The molecule has 2 bridgehead atoms. The second-order valence-corrected chi connectivity index (χ2v) is 11.2. The Bertz CT molecular complexity index is 1110. The van der Waals surface area contributed by atoms with Gasteiger partial charge in [0, 0.05) is 18.5 Å². The van der Waals surface area contributed by atoms with Crippen LogP contribution < -0.4 is 14.9 Å². The van der Waals surface area contributed by atoms with Crippen LogP contribution in [0.2, 0.25) is 0 Å². The van der Waals surface area contributed by atoms with Gasteiger partial charge >= 0.3 is 0 Å². The summed E-state index contributed by atoms with van der Waals surface area (Å²) in [5.41, 5.74) is 4.73. The molecular formula is C24H31N3O3S. The summed E-state index contributed by atoms with van der Waals surface area (Å²) in [6, 6.07) is 11.9. The number of hydrogen-bond acceptors (Lipinski definition) is 5. The van der Waals surface area contributed by atoms with Gasteiger partial charge in [-0.15, -0.1) is 0 Å². The van der Waals surface area contributed by atoms with Crippen LogP contribution in [0, 0.1) is 5.92 Å². The lowest BCUT2D eigenvalue weighted by atomic mass is 9.53. The lowest BCUT2D eigenvalue weighted by Crippen LogP contribution is -2.59. The second-order valence-electron chi connectivity index (χ2n) is 9.47. The van der Waals surface area contributed by atoms with Crippen molar-refractivity contribution in [3.8, 4) is 5.75 Å². The fraction of sp³-hybridized carbons (Fsp3) is 0.500. The van der Waals surface area contributed by atoms with Crippen molar-refractivity contribution in [2.45, 2.75) is 50.0 Å². The van der Waals surface area contributed by atoms with Crippen molar-refractivity contribution in [2.75, 3.05) is 29.5 Å². The summed E-state index contributed by atoms with van der Waals surface area (Å²) in [5, 5.41) is 14.9. The molecule has 1 aliphatic heterocycles. The Balaban J connectivity index is 1.57. The Hall–Kier alpha value is -2.25. The third-order valence-corrected chi connectivity index (χ3v) is 8.25. The van der Waals surface area contributed by atoms with E-state index in [-0.39, 0.29) is 11.2 Å². The van der Waals surface area contributed by atoms with Gasteiger partial charge in [0.25, 0.3) is 0 Å². The molecule has 3 aliphatic rings. The molecular weight excluding hydrogens is 410 g/mol. The summed E-state index contributed by atoms with van der Waals surface area (Å²) in [4.78, 5) is 1.87. The number of para-hydroxylation sites is 2. The summed E-state index contributed by atoms with van der Waals surface area (Å²) in [5.74, 6) is 0.913. The number of fused-ring (bicyclic) bond motifs is 1. The van der Waals surface area contributed by atoms with Gasteiger partial charge in [0.15, 0.2) is 0 Å². The predicted octanol–water partition coefficient (Wildman–Crippen LogP) is 3.88. The molecule has 7 heteroatoms. The molecule has 2 aromatic carbocycles. The molecule has 1 saturated carbocycles. The Morgan fingerprint density at radius 3 is 2.77 bits per heavy atom. The van der Waals surface area contributed by atoms with Crippen LogP contribution >= 0.6 is 0 Å². The number of phenolic OH excluding ortho intramolecular Hbond substituents is 1. The molecule has 1 heterocycles. The van der Waals surface area contributed by atoms with Crippen molar-refractivity contribution in [2.24, 2.45) is 5.92 Å². The average molecular weight is 442 g/mol. The van der Waals surface area contributed by atoms with Gasteiger partial charge in [-0.3, -0.25) is 4.72 Å². The first-order valence-corrected chi connectivity index (χ1v) is 13.1. The topological polar surface area (TPSA) is 81.7 Å². The molecule has 1 saturated heterocycles. The molecule has 166 valence electrons. The highest BCUT2D eigenvalue weighted by atomic mass is 32.2. The van der Waals surface area contributed by atoms with E-state index < -0.39 is 10.0 Å². The van der Waals surface area contributed by atoms with Crippen LogP contribution in [0.15, 0.2) is 36.4 Å². The third kappa shape index (κ3) is 3.48. The van der Waals surface area contributed by atoms with Crippen LogP contribution in [0.25, 0.3) is 0 Å². The van der Waals surface area contributed by atoms with Crippen molar-refractivity contribution in [3.05, 3.63) is 47.5 Å². The maximum Gasteiger partial charge on any atom is 0.229 e. The van der Waals surface area contributed by atoms with Crippen molar-refractivity contribution >= 4 is 27.1 Å². The zero-order valence-corrected chi connectivity index (χ0v) is 19.0. The SMILES string of the molecule is CN(c1cc2c(cc1O)[C@@]13CCCC[C@H]1[C@@H](C2)NCC3)c1ccccc1NS(C)(=O)=O. The Morgan fingerprint density at radius 1 is 1.16 bits per heavy atom. The van der Waals surface area contributed by atoms with E-state index in [0.29, 0.717) is 29.0 Å². The largest absolute Gasteiger partial charge is 0.506 e. The van der Waals surface area contributed by atoms with Crippen molar-refractivity contribution < 1.29 is 13.5 Å². The van der Waals surface area contributed by atoms with Gasteiger partial charge in [0.1, 0.15) is 5.75 Å². The van der Waals surface area contributed by atoms with Crippen LogP contribution in [0.3, 0.4) is 0 Å². The summed E-state index contributed by atoms with van der Waals surface area (Å²) in [6.45, 7) is 1.05. The predicted molar refractivity (Wildman–Crippen MR) is 125 cm³/mol. The fourth-order valence-electron chi connectivity index (χ4n) is 6.41. The standard InChI is InChI=1S/C24H31N3O3S/c1-27(21-9-4-3-8-19(21)26-31(2,29)30)22-14-16-13-20-17-7-5-6-10-24(17,11-12-25-20)18(16)15-23(22)28/h3-4,8-9,14-15,17,20,25-26,28H,5-7,10-13H2,1-2H3/t17-,20+,24+/m0/s1. The molecule has 0 radical (unpaired) electrons. The number of hydrogen-bond donors (Lipinski definition) is 3. The molecule has 0 amide bonds. The lowest BCUT2D eigenvalue weighted by molar-refractivity contribution is 0.0796. The van der Waals surface area contributed by atoms with Gasteiger partial charge in [-0.25, -0.2) is 8.42 Å². The van der Waals surface area contributed by atoms with Gasteiger partial charge in [0.05, 0.1) is 23.3 Å². The zero-order valence-electron chi connectivity index (χ0n) is 18.2. The second kappa shape index (κ2) is 7.41. The van der Waals surface area contributed by atoms with Gasteiger partial charge < -0.3 is 15.3 Å². The van der Waals surface area contributed by atoms with Crippen LogP contribution in [0.1, 0.15) is 43.2 Å². The molecule has 6 nitrogen and oxygen atoms in total. The third-order valence-electron chi connectivity index (χ3n) is 7.66. The molecule has 5 rings (SSSR count). The number of rotatable bonds is 4. The summed E-state index contributed by atoms with van der Waals surface area (Å²) >= 11 is 0. The van der Waals surface area contributed by atoms with E-state index in [1.807, 2.05) is 30.1 Å². The number of piperidine rings is 1. The van der Waals surface area contributed by atoms with E-state index in [1.54, 1.807) is 12.1 Å². The summed E-state index contributed by atoms with van der Waals surface area (Å²) in [7, 11) is -1.54. The fourth-order valence-corrected chi connectivity index (χ4v) is 6.98. The number of phenols is 1. The van der Waals surface area contributed by atoms with Gasteiger partial charge in [0.2, 0.25) is 10.0 Å². The smallest absolute Gasteiger partial charge is 0.229 e. The molecule has 2 aromatic rings. The number of nitrogens with one attached hydrogen (secondary N) is 2. The first-order chi connectivity index (χ1) is 14.8. The summed E-state index contributed by atoms with van der Waals surface area (Å²) in [6.07, 6.45) is 8.30. The minimum atomic E-state index is -3.41. The number of anilines is 3. The Labute approximate surface area is 184 Å². The first kappa shape index (κ1) is 20.6. The highest BCUT2D eigenvalue weighted by Gasteiger charge is 2.51. The molecule has 2 aliphatic carbocycles. The number of nitrogens with zero attached hydrogens (tertiary/aromatic N) is 1. The quantitative estimate of drug-likeness (QED) is 0.671. The van der Waals surface area contributed by atoms with Gasteiger partial charge in [-0.2, -0.15) is 0 Å². The van der Waals surface area contributed by atoms with E-state index in [2.05, 4.69) is 16.1 Å². The van der Waals surface area contributed by atoms with Crippen LogP contribution in [0.4, 0.5) is 17.1 Å². The maximum absolute atomic E-state index is 11.8. The van der Waals surface area contributed by atoms with Crippen LogP contribution in [-0.2, 0) is 21.9 Å². The normalized spacial score (nSPS) is 27.2. The molecule has 3 atom stereocenters. The minimum absolute atomic E-state index is 0.187. The van der Waals surface area contributed by atoms with Gasteiger partial charge in [-0.05, 0) is 73.5 Å². The van der Waals surface area contributed by atoms with E-state index in [9.17, 15) is 13.5 Å². The zero-order chi connectivity index (χ0) is 21.8. The van der Waals surface area contributed by atoms with E-state index in [0.717, 1.165) is 25.6 Å². The van der Waals surface area contributed by atoms with Crippen LogP contribution in [0.5, 0.6) is 5.75 Å². The minimum Gasteiger partial charge on any atom is -0.506 e. The number of aromatic hydroxyl groups is 1.